The first-order valence-corrected chi connectivity index (χ1v) is 12.2. The zero-order valence-electron chi connectivity index (χ0n) is 16.0. The molecule has 1 aliphatic heterocycles. The molecular weight excluding hydrogens is 415 g/mol. The van der Waals surface area contributed by atoms with E-state index in [-0.39, 0.29) is 24.7 Å². The van der Waals surface area contributed by atoms with Gasteiger partial charge in [0, 0.05) is 31.0 Å². The third-order valence-electron chi connectivity index (χ3n) is 4.45. The molecule has 2 aromatic rings. The normalized spacial score (nSPS) is 16.5. The molecule has 0 saturated heterocycles. The quantitative estimate of drug-likeness (QED) is 0.673. The van der Waals surface area contributed by atoms with Crippen LogP contribution in [-0.4, -0.2) is 45.5 Å². The van der Waals surface area contributed by atoms with Gasteiger partial charge in [-0.2, -0.15) is 11.8 Å². The molecule has 3 rings (SSSR count). The lowest BCUT2D eigenvalue weighted by atomic mass is 10.2. The Hall–Kier alpha value is -2.26. The van der Waals surface area contributed by atoms with E-state index >= 15 is 0 Å². The Bertz CT molecular complexity index is 968. The van der Waals surface area contributed by atoms with Crippen LogP contribution in [0.1, 0.15) is 12.0 Å². The van der Waals surface area contributed by atoms with Crippen molar-refractivity contribution in [2.75, 3.05) is 29.4 Å². The van der Waals surface area contributed by atoms with Crippen molar-refractivity contribution in [1.82, 2.24) is 5.32 Å². The molecule has 1 aliphatic rings. The van der Waals surface area contributed by atoms with E-state index in [0.29, 0.717) is 35.1 Å². The number of rotatable bonds is 7. The van der Waals surface area contributed by atoms with Gasteiger partial charge >= 0.3 is 0 Å². The fourth-order valence-electron chi connectivity index (χ4n) is 3.02. The van der Waals surface area contributed by atoms with E-state index in [1.807, 2.05) is 0 Å². The molecule has 0 bridgehead atoms. The number of nitrogens with one attached hydrogen (secondary N) is 1. The van der Waals surface area contributed by atoms with E-state index in [0.717, 1.165) is 6.26 Å². The number of anilines is 1. The van der Waals surface area contributed by atoms with Gasteiger partial charge in [0.2, 0.25) is 10.0 Å². The van der Waals surface area contributed by atoms with Crippen LogP contribution in [0.25, 0.3) is 0 Å². The van der Waals surface area contributed by atoms with Crippen LogP contribution < -0.4 is 14.4 Å². The SMILES string of the molecule is CS(=O)(=O)N1CCC(C(=O)NCCSCc2ccccc2F)Oc2ccccc21. The van der Waals surface area contributed by atoms with Gasteiger partial charge in [-0.3, -0.25) is 9.10 Å². The summed E-state index contributed by atoms with van der Waals surface area (Å²) in [5.74, 6) is 0.994. The first-order chi connectivity index (χ1) is 13.9. The number of thioether (sulfide) groups is 1. The van der Waals surface area contributed by atoms with Gasteiger partial charge in [0.1, 0.15) is 11.6 Å². The number of carbonyl (C=O) groups excluding carboxylic acids is 1. The van der Waals surface area contributed by atoms with Crippen molar-refractivity contribution in [1.29, 1.82) is 0 Å². The van der Waals surface area contributed by atoms with Crippen molar-refractivity contribution in [3.05, 3.63) is 59.9 Å². The van der Waals surface area contributed by atoms with Crippen LogP contribution in [0.3, 0.4) is 0 Å². The molecule has 0 aliphatic carbocycles. The topological polar surface area (TPSA) is 75.7 Å². The molecule has 0 saturated carbocycles. The van der Waals surface area contributed by atoms with E-state index in [2.05, 4.69) is 5.32 Å². The number of benzene rings is 2. The third kappa shape index (κ3) is 5.63. The van der Waals surface area contributed by atoms with Crippen LogP contribution in [-0.2, 0) is 20.6 Å². The first kappa shape index (κ1) is 21.4. The molecule has 0 fully saturated rings. The number of carbonyl (C=O) groups is 1. The largest absolute Gasteiger partial charge is 0.478 e. The molecule has 1 unspecified atom stereocenters. The van der Waals surface area contributed by atoms with Gasteiger partial charge in [-0.15, -0.1) is 0 Å². The molecule has 0 aromatic heterocycles. The highest BCUT2D eigenvalue weighted by Crippen LogP contribution is 2.33. The van der Waals surface area contributed by atoms with E-state index in [4.69, 9.17) is 4.74 Å². The summed E-state index contributed by atoms with van der Waals surface area (Å²) in [6, 6.07) is 13.4. The van der Waals surface area contributed by atoms with Crippen molar-refractivity contribution in [2.45, 2.75) is 18.3 Å². The number of fused-ring (bicyclic) bond motifs is 1. The maximum absolute atomic E-state index is 13.6. The minimum Gasteiger partial charge on any atom is -0.478 e. The molecule has 6 nitrogen and oxygen atoms in total. The third-order valence-corrected chi connectivity index (χ3v) is 6.64. The number of amides is 1. The van der Waals surface area contributed by atoms with E-state index in [1.165, 1.54) is 22.1 Å². The molecule has 1 heterocycles. The lowest BCUT2D eigenvalue weighted by Gasteiger charge is -2.20. The average molecular weight is 439 g/mol. The Morgan fingerprint density at radius 1 is 1.24 bits per heavy atom. The predicted octanol–water partition coefficient (Wildman–Crippen LogP) is 2.79. The number of sulfonamides is 1. The first-order valence-electron chi connectivity index (χ1n) is 9.18. The second kappa shape index (κ2) is 9.49. The van der Waals surface area contributed by atoms with E-state index in [9.17, 15) is 17.6 Å². The minimum absolute atomic E-state index is 0.163. The fraction of sp³-hybridized carbons (Fsp3) is 0.350. The van der Waals surface area contributed by atoms with Gasteiger partial charge in [-0.05, 0) is 23.8 Å². The van der Waals surface area contributed by atoms with Crippen LogP contribution >= 0.6 is 11.8 Å². The Morgan fingerprint density at radius 2 is 1.97 bits per heavy atom. The second-order valence-electron chi connectivity index (χ2n) is 6.63. The smallest absolute Gasteiger partial charge is 0.261 e. The summed E-state index contributed by atoms with van der Waals surface area (Å²) in [5.41, 5.74) is 1.07. The van der Waals surface area contributed by atoms with Gasteiger partial charge in [0.05, 0.1) is 11.9 Å². The highest BCUT2D eigenvalue weighted by atomic mass is 32.2. The molecule has 9 heteroatoms. The molecule has 1 amide bonds. The molecule has 0 radical (unpaired) electrons. The Balaban J connectivity index is 1.53. The van der Waals surface area contributed by atoms with E-state index < -0.39 is 16.1 Å². The fourth-order valence-corrected chi connectivity index (χ4v) is 4.81. The van der Waals surface area contributed by atoms with Gasteiger partial charge < -0.3 is 10.1 Å². The summed E-state index contributed by atoms with van der Waals surface area (Å²) in [6.07, 6.45) is 0.604. The molecule has 1 atom stereocenters. The molecule has 29 heavy (non-hydrogen) atoms. The number of hydrogen-bond donors (Lipinski definition) is 1. The summed E-state index contributed by atoms with van der Waals surface area (Å²) < 4.78 is 44.9. The molecule has 2 aromatic carbocycles. The minimum atomic E-state index is -3.48. The maximum Gasteiger partial charge on any atom is 0.261 e. The summed E-state index contributed by atoms with van der Waals surface area (Å²) in [4.78, 5) is 12.5. The van der Waals surface area contributed by atoms with Crippen LogP contribution in [0.4, 0.5) is 10.1 Å². The number of hydrogen-bond acceptors (Lipinski definition) is 5. The predicted molar refractivity (Wildman–Crippen MR) is 113 cm³/mol. The highest BCUT2D eigenvalue weighted by Gasteiger charge is 2.30. The molecule has 1 N–H and O–H groups in total. The maximum atomic E-state index is 13.6. The van der Waals surface area contributed by atoms with Crippen LogP contribution in [0.2, 0.25) is 0 Å². The van der Waals surface area contributed by atoms with Crippen molar-refractivity contribution < 1.29 is 22.3 Å². The lowest BCUT2D eigenvalue weighted by molar-refractivity contribution is -0.127. The van der Waals surface area contributed by atoms with Gasteiger partial charge in [-0.1, -0.05) is 30.3 Å². The molecular formula is C20H23FN2O4S2. The monoisotopic (exact) mass is 438 g/mol. The van der Waals surface area contributed by atoms with Crippen molar-refractivity contribution in [3.8, 4) is 5.75 Å². The highest BCUT2D eigenvalue weighted by molar-refractivity contribution is 7.98. The summed E-state index contributed by atoms with van der Waals surface area (Å²) in [5, 5.41) is 2.82. The molecule has 0 spiro atoms. The van der Waals surface area contributed by atoms with Gasteiger partial charge in [0.15, 0.2) is 6.10 Å². The number of halogens is 1. The standard InChI is InChI=1S/C20H23FN2O4S2/c1-29(25,26)23-12-10-19(27-18-9-5-4-8-17(18)23)20(24)22-11-13-28-14-15-6-2-3-7-16(15)21/h2-9,19H,10-14H2,1H3,(H,22,24). The summed E-state index contributed by atoms with van der Waals surface area (Å²) in [6.45, 7) is 0.575. The number of para-hydroxylation sites is 2. The van der Waals surface area contributed by atoms with Crippen LogP contribution in [0, 0.1) is 5.82 Å². The molecule has 156 valence electrons. The zero-order chi connectivity index (χ0) is 20.9. The Kier molecular flexibility index (Phi) is 7.02. The van der Waals surface area contributed by atoms with Crippen LogP contribution in [0.5, 0.6) is 5.75 Å². The van der Waals surface area contributed by atoms with Crippen molar-refractivity contribution >= 4 is 33.4 Å². The second-order valence-corrected chi connectivity index (χ2v) is 9.65. The zero-order valence-corrected chi connectivity index (χ0v) is 17.6. The summed E-state index contributed by atoms with van der Waals surface area (Å²) in [7, 11) is -3.48. The van der Waals surface area contributed by atoms with Crippen molar-refractivity contribution in [3.63, 3.8) is 0 Å². The number of nitrogens with zero attached hydrogens (tertiary/aromatic N) is 1. The van der Waals surface area contributed by atoms with E-state index in [1.54, 1.807) is 42.5 Å². The van der Waals surface area contributed by atoms with Gasteiger partial charge in [-0.25, -0.2) is 12.8 Å². The van der Waals surface area contributed by atoms with Gasteiger partial charge in [0.25, 0.3) is 5.91 Å². The number of ether oxygens (including phenoxy) is 1. The Morgan fingerprint density at radius 3 is 2.72 bits per heavy atom. The lowest BCUT2D eigenvalue weighted by Crippen LogP contribution is -2.40. The summed E-state index contributed by atoms with van der Waals surface area (Å²) >= 11 is 1.52. The Labute approximate surface area is 174 Å². The van der Waals surface area contributed by atoms with Crippen LogP contribution in [0.15, 0.2) is 48.5 Å². The average Bonchev–Trinajstić information content (AvgIpc) is 2.88. The van der Waals surface area contributed by atoms with Crippen molar-refractivity contribution in [2.24, 2.45) is 0 Å².